The summed E-state index contributed by atoms with van der Waals surface area (Å²) in [5, 5.41) is 0. The monoisotopic (exact) mass is 331 g/mol. The maximum absolute atomic E-state index is 12.5. The lowest BCUT2D eigenvalue weighted by atomic mass is 10.3. The van der Waals surface area contributed by atoms with E-state index in [4.69, 9.17) is 4.42 Å². The Hall–Kier alpha value is -2.54. The number of anilines is 2. The Labute approximate surface area is 134 Å². The predicted octanol–water partition coefficient (Wildman–Crippen LogP) is 3.00. The Morgan fingerprint density at radius 1 is 1.09 bits per heavy atom. The highest BCUT2D eigenvalue weighted by atomic mass is 32.2. The van der Waals surface area contributed by atoms with Crippen molar-refractivity contribution in [3.63, 3.8) is 0 Å². The van der Waals surface area contributed by atoms with Crippen LogP contribution in [0.3, 0.4) is 0 Å². The first-order valence-electron chi connectivity index (χ1n) is 7.02. The number of aromatic nitrogens is 1. The zero-order valence-corrected chi connectivity index (χ0v) is 13.9. The fourth-order valence-electron chi connectivity index (χ4n) is 2.23. The van der Waals surface area contributed by atoms with Gasteiger partial charge in [0.2, 0.25) is 0 Å². The molecular weight excluding hydrogens is 314 g/mol. The Morgan fingerprint density at radius 2 is 1.78 bits per heavy atom. The van der Waals surface area contributed by atoms with Gasteiger partial charge in [-0.1, -0.05) is 0 Å². The molecule has 0 aliphatic rings. The quantitative estimate of drug-likeness (QED) is 0.795. The summed E-state index contributed by atoms with van der Waals surface area (Å²) in [5.74, 6) is 0.502. The van der Waals surface area contributed by atoms with E-state index in [-0.39, 0.29) is 4.90 Å². The van der Waals surface area contributed by atoms with Crippen molar-refractivity contribution in [2.24, 2.45) is 0 Å². The molecule has 120 valence electrons. The number of rotatable bonds is 4. The first-order valence-corrected chi connectivity index (χ1v) is 8.51. The van der Waals surface area contributed by atoms with Crippen LogP contribution in [0.4, 0.5) is 11.4 Å². The Morgan fingerprint density at radius 3 is 2.43 bits per heavy atom. The van der Waals surface area contributed by atoms with Crippen LogP contribution in [0.5, 0.6) is 0 Å². The van der Waals surface area contributed by atoms with Gasteiger partial charge in [-0.25, -0.2) is 13.4 Å². The van der Waals surface area contributed by atoms with E-state index in [1.165, 1.54) is 12.1 Å². The van der Waals surface area contributed by atoms with Crippen molar-refractivity contribution in [1.29, 1.82) is 0 Å². The van der Waals surface area contributed by atoms with Crippen LogP contribution in [0, 0.1) is 6.92 Å². The molecule has 0 atom stereocenters. The normalized spacial score (nSPS) is 11.6. The number of hydrogen-bond donors (Lipinski definition) is 1. The molecule has 0 spiro atoms. The number of nitrogens with zero attached hydrogens (tertiary/aromatic N) is 2. The number of fused-ring (bicyclic) bond motifs is 1. The summed E-state index contributed by atoms with van der Waals surface area (Å²) in [6, 6.07) is 11.8. The second-order valence-corrected chi connectivity index (χ2v) is 7.09. The molecular formula is C16H17N3O3S. The minimum Gasteiger partial charge on any atom is -0.441 e. The Kier molecular flexibility index (Phi) is 3.73. The van der Waals surface area contributed by atoms with Crippen molar-refractivity contribution >= 4 is 32.5 Å². The lowest BCUT2D eigenvalue weighted by Crippen LogP contribution is -2.13. The van der Waals surface area contributed by atoms with E-state index < -0.39 is 10.0 Å². The number of benzene rings is 2. The molecule has 0 amide bonds. The second kappa shape index (κ2) is 5.58. The Balaban J connectivity index is 1.90. The van der Waals surface area contributed by atoms with Gasteiger partial charge in [-0.05, 0) is 42.5 Å². The van der Waals surface area contributed by atoms with Crippen LogP contribution in [-0.4, -0.2) is 27.5 Å². The maximum atomic E-state index is 12.5. The van der Waals surface area contributed by atoms with Crippen LogP contribution in [0.1, 0.15) is 5.89 Å². The smallest absolute Gasteiger partial charge is 0.261 e. The van der Waals surface area contributed by atoms with Crippen LogP contribution < -0.4 is 9.62 Å². The first kappa shape index (κ1) is 15.4. The minimum absolute atomic E-state index is 0.148. The van der Waals surface area contributed by atoms with Gasteiger partial charge in [-0.15, -0.1) is 0 Å². The van der Waals surface area contributed by atoms with Crippen molar-refractivity contribution in [2.45, 2.75) is 11.8 Å². The second-order valence-electron chi connectivity index (χ2n) is 5.41. The topological polar surface area (TPSA) is 75.4 Å². The van der Waals surface area contributed by atoms with E-state index in [9.17, 15) is 8.42 Å². The maximum Gasteiger partial charge on any atom is 0.261 e. The summed E-state index contributed by atoms with van der Waals surface area (Å²) in [7, 11) is 0.176. The number of oxazole rings is 1. The van der Waals surface area contributed by atoms with Gasteiger partial charge >= 0.3 is 0 Å². The number of sulfonamides is 1. The zero-order valence-electron chi connectivity index (χ0n) is 13.1. The van der Waals surface area contributed by atoms with Crippen molar-refractivity contribution in [2.75, 3.05) is 23.7 Å². The number of nitrogens with one attached hydrogen (secondary N) is 1. The van der Waals surface area contributed by atoms with Crippen LogP contribution in [0.2, 0.25) is 0 Å². The molecule has 0 aliphatic heterocycles. The molecule has 0 radical (unpaired) electrons. The van der Waals surface area contributed by atoms with Crippen LogP contribution in [0.25, 0.3) is 11.1 Å². The zero-order chi connectivity index (χ0) is 16.6. The van der Waals surface area contributed by atoms with E-state index in [0.717, 1.165) is 5.69 Å². The molecule has 2 aromatic carbocycles. The highest BCUT2D eigenvalue weighted by Crippen LogP contribution is 2.23. The molecule has 3 rings (SSSR count). The lowest BCUT2D eigenvalue weighted by molar-refractivity contribution is 0.561. The summed E-state index contributed by atoms with van der Waals surface area (Å²) < 4.78 is 32.9. The number of hydrogen-bond acceptors (Lipinski definition) is 5. The van der Waals surface area contributed by atoms with E-state index in [1.807, 2.05) is 31.1 Å². The van der Waals surface area contributed by atoms with Gasteiger partial charge in [0.15, 0.2) is 11.5 Å². The summed E-state index contributed by atoms with van der Waals surface area (Å²) in [4.78, 5) is 6.25. The van der Waals surface area contributed by atoms with Gasteiger partial charge in [0, 0.05) is 32.4 Å². The molecule has 1 N–H and O–H groups in total. The van der Waals surface area contributed by atoms with Crippen molar-refractivity contribution in [3.8, 4) is 0 Å². The average Bonchev–Trinajstić information content (AvgIpc) is 2.86. The molecule has 0 saturated heterocycles. The van der Waals surface area contributed by atoms with Crippen molar-refractivity contribution in [1.82, 2.24) is 4.98 Å². The van der Waals surface area contributed by atoms with Gasteiger partial charge in [0.1, 0.15) is 5.52 Å². The third kappa shape index (κ3) is 3.14. The van der Waals surface area contributed by atoms with Crippen LogP contribution >= 0.6 is 0 Å². The molecule has 3 aromatic rings. The van der Waals surface area contributed by atoms with Crippen LogP contribution in [0.15, 0.2) is 51.8 Å². The molecule has 0 bridgehead atoms. The molecule has 0 saturated carbocycles. The molecule has 7 heteroatoms. The Bertz CT molecular complexity index is 944. The average molecular weight is 331 g/mol. The minimum atomic E-state index is -3.67. The molecule has 0 aliphatic carbocycles. The summed E-state index contributed by atoms with van der Waals surface area (Å²) in [6.07, 6.45) is 0. The van der Waals surface area contributed by atoms with Crippen LogP contribution in [-0.2, 0) is 10.0 Å². The molecule has 0 unspecified atom stereocenters. The highest BCUT2D eigenvalue weighted by molar-refractivity contribution is 7.92. The summed E-state index contributed by atoms with van der Waals surface area (Å²) in [5.41, 5.74) is 2.59. The fourth-order valence-corrected chi connectivity index (χ4v) is 3.31. The molecule has 6 nitrogen and oxygen atoms in total. The third-order valence-corrected chi connectivity index (χ3v) is 4.79. The van der Waals surface area contributed by atoms with E-state index in [2.05, 4.69) is 9.71 Å². The van der Waals surface area contributed by atoms with E-state index in [1.54, 1.807) is 25.1 Å². The number of aryl methyl sites for hydroxylation is 1. The highest BCUT2D eigenvalue weighted by Gasteiger charge is 2.16. The SMILES string of the molecule is Cc1nc2cc(S(=O)(=O)Nc3ccc(N(C)C)cc3)ccc2o1. The molecule has 1 aromatic heterocycles. The largest absolute Gasteiger partial charge is 0.441 e. The van der Waals surface area contributed by atoms with Crippen molar-refractivity contribution < 1.29 is 12.8 Å². The van der Waals surface area contributed by atoms with E-state index in [0.29, 0.717) is 22.7 Å². The van der Waals surface area contributed by atoms with Gasteiger partial charge < -0.3 is 9.32 Å². The summed E-state index contributed by atoms with van der Waals surface area (Å²) >= 11 is 0. The molecule has 23 heavy (non-hydrogen) atoms. The first-order chi connectivity index (χ1) is 10.8. The van der Waals surface area contributed by atoms with Gasteiger partial charge in [-0.2, -0.15) is 0 Å². The predicted molar refractivity (Wildman–Crippen MR) is 90.3 cm³/mol. The van der Waals surface area contributed by atoms with Gasteiger partial charge in [-0.3, -0.25) is 4.72 Å². The fraction of sp³-hybridized carbons (Fsp3) is 0.188. The third-order valence-electron chi connectivity index (χ3n) is 3.41. The lowest BCUT2D eigenvalue weighted by Gasteiger charge is -2.13. The van der Waals surface area contributed by atoms with Gasteiger partial charge in [0.25, 0.3) is 10.0 Å². The van der Waals surface area contributed by atoms with Gasteiger partial charge in [0.05, 0.1) is 4.90 Å². The molecule has 1 heterocycles. The standard InChI is InChI=1S/C16H17N3O3S/c1-11-17-15-10-14(8-9-16(15)22-11)23(20,21)18-12-4-6-13(7-5-12)19(2)3/h4-10,18H,1-3H3. The van der Waals surface area contributed by atoms with Crippen molar-refractivity contribution in [3.05, 3.63) is 48.4 Å². The van der Waals surface area contributed by atoms with E-state index >= 15 is 0 Å². The summed E-state index contributed by atoms with van der Waals surface area (Å²) in [6.45, 7) is 1.72. The molecule has 0 fully saturated rings.